The number of hydrogen-bond donors (Lipinski definition) is 3. The van der Waals surface area contributed by atoms with Gasteiger partial charge in [-0.15, -0.1) is 0 Å². The lowest BCUT2D eigenvalue weighted by Gasteiger charge is -2.22. The lowest BCUT2D eigenvalue weighted by molar-refractivity contribution is -0.133. The van der Waals surface area contributed by atoms with Gasteiger partial charge in [-0.1, -0.05) is 29.8 Å². The first-order chi connectivity index (χ1) is 14.8. The molecule has 31 heavy (non-hydrogen) atoms. The number of benzene rings is 2. The Morgan fingerprint density at radius 1 is 1.16 bits per heavy atom. The minimum Gasteiger partial charge on any atom is -0.349 e. The van der Waals surface area contributed by atoms with Gasteiger partial charge < -0.3 is 16.0 Å². The molecule has 0 aromatic heterocycles. The molecular weight excluding hydrogens is 420 g/mol. The molecule has 9 heteroatoms. The van der Waals surface area contributed by atoms with Crippen molar-refractivity contribution in [2.75, 3.05) is 11.9 Å². The third-order valence-electron chi connectivity index (χ3n) is 5.32. The molecule has 2 aromatic carbocycles. The van der Waals surface area contributed by atoms with Gasteiger partial charge in [0, 0.05) is 22.3 Å². The lowest BCUT2D eigenvalue weighted by Crippen LogP contribution is -2.42. The quantitative estimate of drug-likeness (QED) is 0.600. The maximum absolute atomic E-state index is 12.9. The summed E-state index contributed by atoms with van der Waals surface area (Å²) in [5.41, 5.74) is 0.103. The van der Waals surface area contributed by atoms with Gasteiger partial charge in [-0.25, -0.2) is 4.79 Å². The number of nitrogens with zero attached hydrogens (tertiary/aromatic N) is 1. The molecule has 5 amide bonds. The summed E-state index contributed by atoms with van der Waals surface area (Å²) in [5.74, 6) is -1.29. The molecule has 4 rings (SSSR count). The molecule has 2 aromatic rings. The van der Waals surface area contributed by atoms with Crippen LogP contribution < -0.4 is 16.0 Å². The van der Waals surface area contributed by atoms with E-state index < -0.39 is 29.9 Å². The maximum Gasteiger partial charge on any atom is 0.325 e. The largest absolute Gasteiger partial charge is 0.349 e. The number of halogens is 1. The topological polar surface area (TPSA) is 108 Å². The van der Waals surface area contributed by atoms with Gasteiger partial charge in [-0.2, -0.15) is 0 Å². The zero-order chi connectivity index (χ0) is 22.2. The monoisotopic (exact) mass is 440 g/mol. The Kier molecular flexibility index (Phi) is 5.41. The average Bonchev–Trinajstić information content (AvgIpc) is 3.52. The highest BCUT2D eigenvalue weighted by atomic mass is 35.5. The van der Waals surface area contributed by atoms with Gasteiger partial charge in [0.05, 0.1) is 0 Å². The highest BCUT2D eigenvalue weighted by Gasteiger charge is 2.49. The second kappa shape index (κ2) is 8.03. The summed E-state index contributed by atoms with van der Waals surface area (Å²) in [4.78, 5) is 50.9. The Bertz CT molecular complexity index is 1070. The van der Waals surface area contributed by atoms with Crippen LogP contribution in [0.1, 0.15) is 35.7 Å². The number of imide groups is 1. The number of nitrogens with one attached hydrogen (secondary N) is 3. The van der Waals surface area contributed by atoms with E-state index in [9.17, 15) is 19.2 Å². The van der Waals surface area contributed by atoms with Gasteiger partial charge in [0.1, 0.15) is 12.1 Å². The number of carbonyl (C=O) groups excluding carboxylic acids is 4. The van der Waals surface area contributed by atoms with Crippen molar-refractivity contribution in [1.29, 1.82) is 0 Å². The molecule has 1 saturated carbocycles. The minimum absolute atomic E-state index is 0.202. The molecule has 1 saturated heterocycles. The fourth-order valence-corrected chi connectivity index (χ4v) is 3.52. The third kappa shape index (κ3) is 4.39. The minimum atomic E-state index is -1.29. The summed E-state index contributed by atoms with van der Waals surface area (Å²) in [6.45, 7) is 1.13. The summed E-state index contributed by atoms with van der Waals surface area (Å²) in [7, 11) is 0. The van der Waals surface area contributed by atoms with Crippen LogP contribution in [0.15, 0.2) is 48.5 Å². The van der Waals surface area contributed by atoms with Crippen molar-refractivity contribution in [2.45, 2.75) is 31.3 Å². The summed E-state index contributed by atoms with van der Waals surface area (Å²) in [6.07, 6.45) is 1.95. The normalized spacial score (nSPS) is 20.4. The zero-order valence-electron chi connectivity index (χ0n) is 16.8. The van der Waals surface area contributed by atoms with Gasteiger partial charge in [0.25, 0.3) is 11.8 Å². The smallest absolute Gasteiger partial charge is 0.325 e. The highest BCUT2D eigenvalue weighted by molar-refractivity contribution is 6.30. The van der Waals surface area contributed by atoms with E-state index in [0.29, 0.717) is 21.8 Å². The number of amides is 5. The van der Waals surface area contributed by atoms with Crippen molar-refractivity contribution >= 4 is 41.0 Å². The molecule has 1 unspecified atom stereocenters. The van der Waals surface area contributed by atoms with Crippen LogP contribution in [0.3, 0.4) is 0 Å². The van der Waals surface area contributed by atoms with Crippen LogP contribution in [0, 0.1) is 0 Å². The summed E-state index contributed by atoms with van der Waals surface area (Å²) in [6, 6.07) is 12.6. The molecule has 2 fully saturated rings. The molecule has 0 bridgehead atoms. The molecule has 160 valence electrons. The first kappa shape index (κ1) is 20.9. The van der Waals surface area contributed by atoms with Gasteiger partial charge in [0.2, 0.25) is 5.91 Å². The molecule has 1 atom stereocenters. The number of rotatable bonds is 6. The van der Waals surface area contributed by atoms with Crippen LogP contribution in [0.2, 0.25) is 5.02 Å². The Labute approximate surface area is 183 Å². The van der Waals surface area contributed by atoms with E-state index in [1.807, 2.05) is 0 Å². The van der Waals surface area contributed by atoms with Crippen molar-refractivity contribution in [3.63, 3.8) is 0 Å². The lowest BCUT2D eigenvalue weighted by atomic mass is 9.92. The van der Waals surface area contributed by atoms with E-state index >= 15 is 0 Å². The van der Waals surface area contributed by atoms with Crippen LogP contribution in [-0.4, -0.2) is 41.2 Å². The SMILES string of the molecule is CC1(c2ccc(Cl)cc2)NC(=O)N(CC(=O)Nc2cccc(C(=O)NC3CC3)c2)C1=O. The number of anilines is 1. The van der Waals surface area contributed by atoms with Crippen LogP contribution in [0.25, 0.3) is 0 Å². The van der Waals surface area contributed by atoms with Gasteiger partial charge in [-0.3, -0.25) is 19.3 Å². The van der Waals surface area contributed by atoms with E-state index in [2.05, 4.69) is 16.0 Å². The van der Waals surface area contributed by atoms with Gasteiger partial charge in [-0.05, 0) is 55.7 Å². The fraction of sp³-hybridized carbons (Fsp3) is 0.273. The summed E-state index contributed by atoms with van der Waals surface area (Å²) in [5, 5.41) is 8.67. The molecule has 0 spiro atoms. The second-order valence-electron chi connectivity index (χ2n) is 7.83. The molecule has 1 aliphatic carbocycles. The predicted molar refractivity (Wildman–Crippen MR) is 115 cm³/mol. The first-order valence-corrected chi connectivity index (χ1v) is 10.2. The van der Waals surface area contributed by atoms with E-state index in [0.717, 1.165) is 17.7 Å². The van der Waals surface area contributed by atoms with Crippen molar-refractivity contribution in [1.82, 2.24) is 15.5 Å². The number of urea groups is 1. The Hall–Kier alpha value is -3.39. The first-order valence-electron chi connectivity index (χ1n) is 9.87. The average molecular weight is 441 g/mol. The number of hydrogen-bond acceptors (Lipinski definition) is 4. The molecule has 0 radical (unpaired) electrons. The van der Waals surface area contributed by atoms with Crippen LogP contribution in [0.4, 0.5) is 10.5 Å². The van der Waals surface area contributed by atoms with Crippen LogP contribution in [0.5, 0.6) is 0 Å². The second-order valence-corrected chi connectivity index (χ2v) is 8.27. The maximum atomic E-state index is 12.9. The van der Waals surface area contributed by atoms with Crippen molar-refractivity contribution in [2.24, 2.45) is 0 Å². The van der Waals surface area contributed by atoms with E-state index in [1.54, 1.807) is 55.5 Å². The van der Waals surface area contributed by atoms with Gasteiger partial charge in [0.15, 0.2) is 0 Å². The summed E-state index contributed by atoms with van der Waals surface area (Å²) < 4.78 is 0. The third-order valence-corrected chi connectivity index (χ3v) is 5.57. The molecule has 1 heterocycles. The Morgan fingerprint density at radius 3 is 2.55 bits per heavy atom. The number of carbonyl (C=O) groups is 4. The summed E-state index contributed by atoms with van der Waals surface area (Å²) >= 11 is 5.90. The van der Waals surface area contributed by atoms with Gasteiger partial charge >= 0.3 is 6.03 Å². The van der Waals surface area contributed by atoms with E-state index in [-0.39, 0.29) is 11.9 Å². The fourth-order valence-electron chi connectivity index (χ4n) is 3.40. The van der Waals surface area contributed by atoms with Crippen LogP contribution in [-0.2, 0) is 15.1 Å². The molecular formula is C22H21ClN4O4. The van der Waals surface area contributed by atoms with Crippen LogP contribution >= 0.6 is 11.6 Å². The molecule has 3 N–H and O–H groups in total. The van der Waals surface area contributed by atoms with Crippen molar-refractivity contribution < 1.29 is 19.2 Å². The zero-order valence-corrected chi connectivity index (χ0v) is 17.5. The molecule has 8 nitrogen and oxygen atoms in total. The molecule has 1 aliphatic heterocycles. The van der Waals surface area contributed by atoms with E-state index in [4.69, 9.17) is 11.6 Å². The standard InChI is InChI=1S/C22H21ClN4O4/c1-22(14-5-7-15(23)8-6-14)20(30)27(21(31)26-22)12-18(28)24-17-4-2-3-13(11-17)19(29)25-16-9-10-16/h2-8,11,16H,9-10,12H2,1H3,(H,24,28)(H,25,29)(H,26,31). The predicted octanol–water partition coefficient (Wildman–Crippen LogP) is 2.64. The Balaban J connectivity index is 1.42. The van der Waals surface area contributed by atoms with Crippen molar-refractivity contribution in [3.8, 4) is 0 Å². The van der Waals surface area contributed by atoms with Crippen molar-refractivity contribution in [3.05, 3.63) is 64.7 Å². The highest BCUT2D eigenvalue weighted by Crippen LogP contribution is 2.29. The molecule has 2 aliphatic rings. The van der Waals surface area contributed by atoms with E-state index in [1.165, 1.54) is 0 Å². The Morgan fingerprint density at radius 2 is 1.87 bits per heavy atom.